The Kier molecular flexibility index (Phi) is 7.41. The van der Waals surface area contributed by atoms with E-state index in [1.165, 1.54) is 23.7 Å². The number of unbranched alkanes of at least 4 members (excludes halogenated alkanes) is 2. The summed E-state index contributed by atoms with van der Waals surface area (Å²) in [4.78, 5) is 12.5. The minimum absolute atomic E-state index is 0.0248. The molecule has 0 saturated carbocycles. The predicted molar refractivity (Wildman–Crippen MR) is 118 cm³/mol. The van der Waals surface area contributed by atoms with Gasteiger partial charge in [0.1, 0.15) is 16.5 Å². The molecule has 7 heteroatoms. The van der Waals surface area contributed by atoms with Crippen LogP contribution in [0.25, 0.3) is 5.69 Å². The molecule has 0 aliphatic heterocycles. The molecule has 3 rings (SSSR count). The largest absolute Gasteiger partial charge is 0.494 e. The average molecular weight is 411 g/mol. The molecule has 0 bridgehead atoms. The van der Waals surface area contributed by atoms with E-state index in [0.29, 0.717) is 11.4 Å². The second-order valence-corrected chi connectivity index (χ2v) is 6.80. The average Bonchev–Trinajstić information content (AvgIpc) is 2.76. The molecule has 2 aromatic carbocycles. The number of nitrogens with one attached hydrogen (secondary N) is 1. The zero-order chi connectivity index (χ0) is 20.5. The Morgan fingerprint density at radius 2 is 1.90 bits per heavy atom. The first-order chi connectivity index (χ1) is 14.2. The summed E-state index contributed by atoms with van der Waals surface area (Å²) in [6, 6.07) is 16.7. The number of aromatic nitrogens is 2. The van der Waals surface area contributed by atoms with E-state index in [2.05, 4.69) is 22.5 Å². The highest BCUT2D eigenvalue weighted by atomic mass is 35.5. The van der Waals surface area contributed by atoms with Crippen molar-refractivity contribution < 1.29 is 4.74 Å². The normalized spacial score (nSPS) is 11.0. The molecule has 0 amide bonds. The smallest absolute Gasteiger partial charge is 0.292 e. The Bertz CT molecular complexity index is 1000. The Labute approximate surface area is 174 Å². The van der Waals surface area contributed by atoms with Crippen LogP contribution < -0.4 is 15.7 Å². The van der Waals surface area contributed by atoms with E-state index in [1.807, 2.05) is 42.5 Å². The van der Waals surface area contributed by atoms with E-state index < -0.39 is 5.56 Å². The number of ether oxygens (including phenoxy) is 1. The molecule has 0 unspecified atom stereocenters. The third kappa shape index (κ3) is 5.68. The standard InChI is InChI=1S/C22H23ClN4O2/c1-2-3-7-14-29-19-12-10-17(11-13-19)15-24-26-20-16-25-27(22(28)21(20)23)18-8-5-4-6-9-18/h4-6,8-13,15-16,26H,2-3,7,14H2,1H3/b24-15+. The Morgan fingerprint density at radius 1 is 1.14 bits per heavy atom. The number of benzene rings is 2. The molecule has 0 aliphatic rings. The van der Waals surface area contributed by atoms with Gasteiger partial charge in [0.05, 0.1) is 24.7 Å². The molecule has 0 fully saturated rings. The van der Waals surface area contributed by atoms with Gasteiger partial charge in [-0.15, -0.1) is 0 Å². The van der Waals surface area contributed by atoms with Crippen molar-refractivity contribution in [1.29, 1.82) is 0 Å². The van der Waals surface area contributed by atoms with Crippen LogP contribution in [0.5, 0.6) is 5.75 Å². The summed E-state index contributed by atoms with van der Waals surface area (Å²) in [5.74, 6) is 0.836. The second-order valence-electron chi connectivity index (χ2n) is 6.42. The predicted octanol–water partition coefficient (Wildman–Crippen LogP) is 4.90. The molecule has 1 N–H and O–H groups in total. The minimum Gasteiger partial charge on any atom is -0.494 e. The number of rotatable bonds is 9. The van der Waals surface area contributed by atoms with E-state index in [9.17, 15) is 4.79 Å². The molecule has 3 aromatic rings. The van der Waals surface area contributed by atoms with Gasteiger partial charge in [0.25, 0.3) is 5.56 Å². The Hall–Kier alpha value is -3.12. The molecule has 1 aromatic heterocycles. The maximum absolute atomic E-state index is 12.5. The van der Waals surface area contributed by atoms with Crippen molar-refractivity contribution in [2.75, 3.05) is 12.0 Å². The van der Waals surface area contributed by atoms with Crippen LogP contribution >= 0.6 is 11.6 Å². The van der Waals surface area contributed by atoms with Crippen molar-refractivity contribution in [2.24, 2.45) is 5.10 Å². The summed E-state index contributed by atoms with van der Waals surface area (Å²) < 4.78 is 6.94. The fourth-order valence-electron chi connectivity index (χ4n) is 2.63. The number of hydrazone groups is 1. The number of halogens is 1. The molecule has 0 spiro atoms. The second kappa shape index (κ2) is 10.4. The monoisotopic (exact) mass is 410 g/mol. The summed E-state index contributed by atoms with van der Waals surface area (Å²) in [6.07, 6.45) is 6.51. The summed E-state index contributed by atoms with van der Waals surface area (Å²) >= 11 is 6.20. The van der Waals surface area contributed by atoms with Gasteiger partial charge < -0.3 is 4.74 Å². The van der Waals surface area contributed by atoms with Crippen LogP contribution in [0.1, 0.15) is 31.7 Å². The van der Waals surface area contributed by atoms with Gasteiger partial charge in [-0.25, -0.2) is 0 Å². The van der Waals surface area contributed by atoms with E-state index in [1.54, 1.807) is 18.3 Å². The Morgan fingerprint density at radius 3 is 2.62 bits per heavy atom. The van der Waals surface area contributed by atoms with Gasteiger partial charge in [-0.05, 0) is 48.4 Å². The highest BCUT2D eigenvalue weighted by Crippen LogP contribution is 2.17. The third-order valence-corrected chi connectivity index (χ3v) is 4.58. The number of hydrogen-bond donors (Lipinski definition) is 1. The number of para-hydroxylation sites is 1. The lowest BCUT2D eigenvalue weighted by molar-refractivity contribution is 0.306. The van der Waals surface area contributed by atoms with Crippen molar-refractivity contribution in [3.05, 3.63) is 81.7 Å². The van der Waals surface area contributed by atoms with E-state index in [-0.39, 0.29) is 5.02 Å². The van der Waals surface area contributed by atoms with Gasteiger partial charge in [0.15, 0.2) is 0 Å². The van der Waals surface area contributed by atoms with Gasteiger partial charge >= 0.3 is 0 Å². The first kappa shape index (κ1) is 20.6. The van der Waals surface area contributed by atoms with E-state index in [4.69, 9.17) is 16.3 Å². The number of nitrogens with zero attached hydrogens (tertiary/aromatic N) is 3. The molecule has 29 heavy (non-hydrogen) atoms. The van der Waals surface area contributed by atoms with Crippen LogP contribution in [0.2, 0.25) is 5.02 Å². The van der Waals surface area contributed by atoms with Crippen molar-refractivity contribution in [1.82, 2.24) is 9.78 Å². The SMILES string of the molecule is CCCCCOc1ccc(/C=N/Nc2cnn(-c3ccccc3)c(=O)c2Cl)cc1. The zero-order valence-electron chi connectivity index (χ0n) is 16.2. The van der Waals surface area contributed by atoms with Crippen LogP contribution in [0.4, 0.5) is 5.69 Å². The Balaban J connectivity index is 1.62. The fourth-order valence-corrected chi connectivity index (χ4v) is 2.80. The maximum atomic E-state index is 12.5. The summed E-state index contributed by atoms with van der Waals surface area (Å²) in [5.41, 5.74) is 4.24. The van der Waals surface area contributed by atoms with E-state index in [0.717, 1.165) is 24.3 Å². The van der Waals surface area contributed by atoms with Crippen molar-refractivity contribution in [2.45, 2.75) is 26.2 Å². The van der Waals surface area contributed by atoms with Crippen LogP contribution in [0, 0.1) is 0 Å². The van der Waals surface area contributed by atoms with Gasteiger partial charge in [-0.1, -0.05) is 49.6 Å². The first-order valence-corrected chi connectivity index (χ1v) is 9.92. The zero-order valence-corrected chi connectivity index (χ0v) is 17.0. The van der Waals surface area contributed by atoms with Gasteiger partial charge in [-0.2, -0.15) is 14.9 Å². The fraction of sp³-hybridized carbons (Fsp3) is 0.227. The lowest BCUT2D eigenvalue weighted by Crippen LogP contribution is -2.22. The highest BCUT2D eigenvalue weighted by Gasteiger charge is 2.09. The van der Waals surface area contributed by atoms with E-state index >= 15 is 0 Å². The number of anilines is 1. The lowest BCUT2D eigenvalue weighted by atomic mass is 10.2. The van der Waals surface area contributed by atoms with Crippen LogP contribution in [0.15, 0.2) is 70.7 Å². The maximum Gasteiger partial charge on any atom is 0.292 e. The molecule has 0 aliphatic carbocycles. The van der Waals surface area contributed by atoms with Crippen molar-refractivity contribution >= 4 is 23.5 Å². The molecular formula is C22H23ClN4O2. The molecular weight excluding hydrogens is 388 g/mol. The highest BCUT2D eigenvalue weighted by molar-refractivity contribution is 6.32. The quantitative estimate of drug-likeness (QED) is 0.309. The molecule has 150 valence electrons. The molecule has 0 radical (unpaired) electrons. The van der Waals surface area contributed by atoms with Crippen LogP contribution in [-0.2, 0) is 0 Å². The van der Waals surface area contributed by atoms with Crippen LogP contribution in [-0.4, -0.2) is 22.6 Å². The minimum atomic E-state index is -0.414. The van der Waals surface area contributed by atoms with Crippen molar-refractivity contribution in [3.8, 4) is 11.4 Å². The summed E-state index contributed by atoms with van der Waals surface area (Å²) in [7, 11) is 0. The van der Waals surface area contributed by atoms with Gasteiger partial charge in [0.2, 0.25) is 0 Å². The molecule has 1 heterocycles. The molecule has 0 atom stereocenters. The van der Waals surface area contributed by atoms with Gasteiger partial charge in [0, 0.05) is 0 Å². The van der Waals surface area contributed by atoms with Crippen molar-refractivity contribution in [3.63, 3.8) is 0 Å². The summed E-state index contributed by atoms with van der Waals surface area (Å²) in [6.45, 7) is 2.89. The van der Waals surface area contributed by atoms with Crippen LogP contribution in [0.3, 0.4) is 0 Å². The number of hydrogen-bond acceptors (Lipinski definition) is 5. The first-order valence-electron chi connectivity index (χ1n) is 9.54. The topological polar surface area (TPSA) is 68.5 Å². The molecule has 0 saturated heterocycles. The molecule has 6 nitrogen and oxygen atoms in total. The third-order valence-electron chi connectivity index (χ3n) is 4.22. The lowest BCUT2D eigenvalue weighted by Gasteiger charge is -2.07. The van der Waals surface area contributed by atoms with Gasteiger partial charge in [-0.3, -0.25) is 10.2 Å². The summed E-state index contributed by atoms with van der Waals surface area (Å²) in [5, 5.41) is 8.32.